The second-order valence-corrected chi connectivity index (χ2v) is 7.44. The van der Waals surface area contributed by atoms with Crippen LogP contribution in [0.3, 0.4) is 0 Å². The van der Waals surface area contributed by atoms with Gasteiger partial charge in [0.05, 0.1) is 7.11 Å². The van der Waals surface area contributed by atoms with Gasteiger partial charge in [-0.1, -0.05) is 18.6 Å². The van der Waals surface area contributed by atoms with Gasteiger partial charge in [0.2, 0.25) is 5.91 Å². The molecule has 1 aromatic rings. The lowest BCUT2D eigenvalue weighted by Crippen LogP contribution is -2.51. The number of amides is 1. The van der Waals surface area contributed by atoms with Crippen molar-refractivity contribution in [3.63, 3.8) is 0 Å². The zero-order valence-electron chi connectivity index (χ0n) is 16.3. The minimum atomic E-state index is 0. The summed E-state index contributed by atoms with van der Waals surface area (Å²) in [6.45, 7) is 5.70. The van der Waals surface area contributed by atoms with Gasteiger partial charge < -0.3 is 15.4 Å². The number of halogens is 2. The Morgan fingerprint density at radius 3 is 2.52 bits per heavy atom. The predicted octanol–water partition coefficient (Wildman–Crippen LogP) is 3.26. The molecule has 7 heteroatoms. The molecule has 2 aliphatic rings. The number of hydrogen-bond acceptors (Lipinski definition) is 4. The van der Waals surface area contributed by atoms with E-state index < -0.39 is 0 Å². The van der Waals surface area contributed by atoms with Crippen molar-refractivity contribution in [3.05, 3.63) is 29.8 Å². The van der Waals surface area contributed by atoms with Crippen molar-refractivity contribution >= 4 is 30.7 Å². The number of nitrogens with two attached hydrogens (primary N) is 1. The molecule has 0 bridgehead atoms. The highest BCUT2D eigenvalue weighted by Crippen LogP contribution is 2.27. The van der Waals surface area contributed by atoms with Crippen molar-refractivity contribution in [1.82, 2.24) is 9.80 Å². The molecule has 27 heavy (non-hydrogen) atoms. The second kappa shape index (κ2) is 11.1. The third-order valence-corrected chi connectivity index (χ3v) is 5.81. The Morgan fingerprint density at radius 2 is 1.89 bits per heavy atom. The quantitative estimate of drug-likeness (QED) is 0.816. The maximum Gasteiger partial charge on any atom is 0.225 e. The van der Waals surface area contributed by atoms with E-state index in [1.54, 1.807) is 7.11 Å². The number of benzene rings is 1. The number of piperazine rings is 1. The number of methoxy groups -OCH3 is 1. The lowest BCUT2D eigenvalue weighted by atomic mass is 9.85. The van der Waals surface area contributed by atoms with Crippen LogP contribution in [0.2, 0.25) is 0 Å². The van der Waals surface area contributed by atoms with Gasteiger partial charge >= 0.3 is 0 Å². The second-order valence-electron chi connectivity index (χ2n) is 7.44. The topological polar surface area (TPSA) is 58.8 Å². The summed E-state index contributed by atoms with van der Waals surface area (Å²) in [6.07, 6.45) is 4.02. The van der Waals surface area contributed by atoms with Gasteiger partial charge in [-0.25, -0.2) is 0 Å². The summed E-state index contributed by atoms with van der Waals surface area (Å²) < 4.78 is 5.34. The first-order valence-electron chi connectivity index (χ1n) is 9.51. The van der Waals surface area contributed by atoms with Crippen LogP contribution >= 0.6 is 24.8 Å². The summed E-state index contributed by atoms with van der Waals surface area (Å²) >= 11 is 0. The normalized spacial score (nSPS) is 24.3. The predicted molar refractivity (Wildman–Crippen MR) is 114 cm³/mol. The van der Waals surface area contributed by atoms with Gasteiger partial charge in [-0.15, -0.1) is 24.8 Å². The van der Waals surface area contributed by atoms with Gasteiger partial charge in [-0.05, 0) is 43.9 Å². The first-order valence-corrected chi connectivity index (χ1v) is 9.51. The van der Waals surface area contributed by atoms with Crippen LogP contribution in [0.25, 0.3) is 0 Å². The summed E-state index contributed by atoms with van der Waals surface area (Å²) in [5, 5.41) is 0. The Hall–Kier alpha value is -1.01. The Morgan fingerprint density at radius 1 is 1.19 bits per heavy atom. The average molecular weight is 418 g/mol. The number of hydrogen-bond donors (Lipinski definition) is 1. The van der Waals surface area contributed by atoms with E-state index in [1.165, 1.54) is 5.56 Å². The molecule has 1 saturated heterocycles. The third-order valence-electron chi connectivity index (χ3n) is 5.81. The fourth-order valence-corrected chi connectivity index (χ4v) is 4.15. The molecule has 3 rings (SSSR count). The van der Waals surface area contributed by atoms with Crippen molar-refractivity contribution in [2.24, 2.45) is 11.7 Å². The van der Waals surface area contributed by atoms with Crippen molar-refractivity contribution in [3.8, 4) is 5.75 Å². The molecule has 3 atom stereocenters. The molecule has 1 aromatic carbocycles. The van der Waals surface area contributed by atoms with E-state index in [1.807, 2.05) is 12.1 Å². The Balaban J connectivity index is 0.00000182. The molecule has 0 spiro atoms. The van der Waals surface area contributed by atoms with Crippen molar-refractivity contribution in [2.75, 3.05) is 33.3 Å². The minimum Gasteiger partial charge on any atom is -0.497 e. The largest absolute Gasteiger partial charge is 0.497 e. The molecule has 0 radical (unpaired) electrons. The molecule has 154 valence electrons. The lowest BCUT2D eigenvalue weighted by Gasteiger charge is -2.40. The van der Waals surface area contributed by atoms with Crippen molar-refractivity contribution in [2.45, 2.75) is 44.7 Å². The Bertz CT molecular complexity index is 594. The van der Waals surface area contributed by atoms with E-state index in [-0.39, 0.29) is 36.8 Å². The Kier molecular flexibility index (Phi) is 9.88. The Labute approximate surface area is 175 Å². The van der Waals surface area contributed by atoms with Crippen LogP contribution in [0, 0.1) is 5.92 Å². The van der Waals surface area contributed by atoms with Crippen LogP contribution in [-0.4, -0.2) is 55.0 Å². The molecule has 2 N–H and O–H groups in total. The van der Waals surface area contributed by atoms with Gasteiger partial charge in [0.1, 0.15) is 5.75 Å². The minimum absolute atomic E-state index is 0. The average Bonchev–Trinajstić information content (AvgIpc) is 2.67. The monoisotopic (exact) mass is 417 g/mol. The first kappa shape index (κ1) is 24.0. The summed E-state index contributed by atoms with van der Waals surface area (Å²) in [5.41, 5.74) is 7.31. The van der Waals surface area contributed by atoms with Crippen LogP contribution in [-0.2, 0) is 4.79 Å². The fourth-order valence-electron chi connectivity index (χ4n) is 4.15. The van der Waals surface area contributed by atoms with Gasteiger partial charge in [0.25, 0.3) is 0 Å². The van der Waals surface area contributed by atoms with Gasteiger partial charge in [-0.3, -0.25) is 9.69 Å². The molecular weight excluding hydrogens is 385 g/mol. The molecule has 2 fully saturated rings. The van der Waals surface area contributed by atoms with E-state index in [4.69, 9.17) is 10.5 Å². The summed E-state index contributed by atoms with van der Waals surface area (Å²) in [5.74, 6) is 1.36. The van der Waals surface area contributed by atoms with E-state index >= 15 is 0 Å². The number of carbonyl (C=O) groups excluding carboxylic acids is 1. The fraction of sp³-hybridized carbons (Fsp3) is 0.650. The summed E-state index contributed by atoms with van der Waals surface area (Å²) in [6, 6.07) is 8.80. The number of nitrogens with zero attached hydrogens (tertiary/aromatic N) is 2. The van der Waals surface area contributed by atoms with Crippen molar-refractivity contribution < 1.29 is 9.53 Å². The van der Waals surface area contributed by atoms with Gasteiger partial charge in [-0.2, -0.15) is 0 Å². The maximum atomic E-state index is 12.8. The van der Waals surface area contributed by atoms with E-state index in [0.29, 0.717) is 11.9 Å². The standard InChI is InChI=1S/C20H31N3O2.2ClH/c1-15(16-5-4-8-19(14-16)25-2)22-9-11-23(12-10-22)20(24)17-6-3-7-18(21)13-17;;/h4-5,8,14-15,17-18H,3,6-7,9-13,21H2,1-2H3;2*1H. The van der Waals surface area contributed by atoms with Gasteiger partial charge in [0.15, 0.2) is 0 Å². The first-order chi connectivity index (χ1) is 12.1. The highest BCUT2D eigenvalue weighted by molar-refractivity contribution is 5.85. The molecule has 1 aliphatic heterocycles. The molecular formula is C20H33Cl2N3O2. The highest BCUT2D eigenvalue weighted by atomic mass is 35.5. The molecule has 3 unspecified atom stereocenters. The maximum absolute atomic E-state index is 12.8. The highest BCUT2D eigenvalue weighted by Gasteiger charge is 2.31. The summed E-state index contributed by atoms with van der Waals surface area (Å²) in [4.78, 5) is 17.3. The van der Waals surface area contributed by atoms with Crippen LogP contribution < -0.4 is 10.5 Å². The smallest absolute Gasteiger partial charge is 0.225 e. The van der Waals surface area contributed by atoms with E-state index in [2.05, 4.69) is 28.9 Å². The molecule has 1 amide bonds. The SMILES string of the molecule is COc1cccc(C(C)N2CCN(C(=O)C3CCCC(N)C3)CC2)c1.Cl.Cl. The number of rotatable bonds is 4. The zero-order chi connectivity index (χ0) is 17.8. The lowest BCUT2D eigenvalue weighted by molar-refractivity contribution is -0.138. The van der Waals surface area contributed by atoms with Crippen molar-refractivity contribution in [1.29, 1.82) is 0 Å². The van der Waals surface area contributed by atoms with Crippen LogP contribution in [0.1, 0.15) is 44.2 Å². The third kappa shape index (κ3) is 5.98. The van der Waals surface area contributed by atoms with E-state index in [0.717, 1.165) is 57.6 Å². The number of carbonyl (C=O) groups is 1. The molecule has 1 heterocycles. The van der Waals surface area contributed by atoms with Crippen LogP contribution in [0.5, 0.6) is 5.75 Å². The summed E-state index contributed by atoms with van der Waals surface area (Å²) in [7, 11) is 1.70. The van der Waals surface area contributed by atoms with E-state index in [9.17, 15) is 4.79 Å². The molecule has 1 saturated carbocycles. The zero-order valence-corrected chi connectivity index (χ0v) is 17.9. The van der Waals surface area contributed by atoms with Gasteiger partial charge in [0, 0.05) is 44.2 Å². The number of ether oxygens (including phenoxy) is 1. The van der Waals surface area contributed by atoms with Crippen LogP contribution in [0.4, 0.5) is 0 Å². The molecule has 1 aliphatic carbocycles. The molecule has 0 aromatic heterocycles. The molecule has 5 nitrogen and oxygen atoms in total. The van der Waals surface area contributed by atoms with Crippen LogP contribution in [0.15, 0.2) is 24.3 Å².